The fraction of sp³-hybridized carbons (Fsp3) is 0.429. The topological polar surface area (TPSA) is 43.2 Å². The fourth-order valence-electron chi connectivity index (χ4n) is 2.44. The van der Waals surface area contributed by atoms with Gasteiger partial charge in [0.1, 0.15) is 11.0 Å². The van der Waals surface area contributed by atoms with Gasteiger partial charge in [-0.25, -0.2) is 9.67 Å². The Bertz CT molecular complexity index is 620. The summed E-state index contributed by atoms with van der Waals surface area (Å²) in [5, 5.41) is 4.98. The number of aromatic nitrogens is 3. The second-order valence-electron chi connectivity index (χ2n) is 4.94. The van der Waals surface area contributed by atoms with Crippen LogP contribution in [0.15, 0.2) is 18.2 Å². The van der Waals surface area contributed by atoms with Gasteiger partial charge in [0.2, 0.25) is 0 Å². The van der Waals surface area contributed by atoms with Crippen molar-refractivity contribution in [1.82, 2.24) is 14.8 Å². The molecule has 1 saturated heterocycles. The lowest BCUT2D eigenvalue weighted by atomic mass is 10.3. The number of rotatable bonds is 2. The molecule has 0 radical (unpaired) electrons. The lowest BCUT2D eigenvalue weighted by Gasteiger charge is -2.28. The summed E-state index contributed by atoms with van der Waals surface area (Å²) < 4.78 is 7.26. The van der Waals surface area contributed by atoms with Crippen molar-refractivity contribution < 1.29 is 4.74 Å². The predicted octanol–water partition coefficient (Wildman–Crippen LogP) is 2.37. The van der Waals surface area contributed by atoms with Crippen molar-refractivity contribution in [2.75, 3.05) is 31.2 Å². The maximum absolute atomic E-state index is 6.17. The van der Waals surface area contributed by atoms with Crippen LogP contribution in [-0.4, -0.2) is 41.1 Å². The van der Waals surface area contributed by atoms with Gasteiger partial charge in [-0.2, -0.15) is 5.10 Å². The van der Waals surface area contributed by atoms with E-state index in [1.54, 1.807) is 0 Å². The summed E-state index contributed by atoms with van der Waals surface area (Å²) in [6, 6.07) is 5.91. The van der Waals surface area contributed by atoms with E-state index in [1.165, 1.54) is 0 Å². The van der Waals surface area contributed by atoms with Gasteiger partial charge in [0.05, 0.1) is 24.6 Å². The highest BCUT2D eigenvalue weighted by molar-refractivity contribution is 6.29. The maximum atomic E-state index is 6.17. The van der Waals surface area contributed by atoms with E-state index in [0.29, 0.717) is 5.15 Å². The Morgan fingerprint density at radius 3 is 2.55 bits per heavy atom. The highest BCUT2D eigenvalue weighted by Crippen LogP contribution is 2.22. The number of halogens is 1. The van der Waals surface area contributed by atoms with Crippen molar-refractivity contribution in [3.63, 3.8) is 0 Å². The second-order valence-corrected chi connectivity index (χ2v) is 5.33. The molecule has 0 aromatic carbocycles. The summed E-state index contributed by atoms with van der Waals surface area (Å²) in [6.07, 6.45) is 0. The largest absolute Gasteiger partial charge is 0.378 e. The monoisotopic (exact) mass is 292 g/mol. The molecule has 1 aliphatic heterocycles. The molecule has 20 heavy (non-hydrogen) atoms. The molecule has 3 rings (SSSR count). The molecule has 0 unspecified atom stereocenters. The van der Waals surface area contributed by atoms with Crippen molar-refractivity contribution >= 4 is 17.4 Å². The minimum absolute atomic E-state index is 0.483. The molecule has 0 spiro atoms. The van der Waals surface area contributed by atoms with Crippen LogP contribution in [0.2, 0.25) is 5.15 Å². The van der Waals surface area contributed by atoms with Gasteiger partial charge in [0, 0.05) is 30.9 Å². The van der Waals surface area contributed by atoms with E-state index in [4.69, 9.17) is 16.3 Å². The molecule has 0 amide bonds. The molecule has 0 bridgehead atoms. The summed E-state index contributed by atoms with van der Waals surface area (Å²) >= 11 is 6.17. The average Bonchev–Trinajstić information content (AvgIpc) is 2.78. The van der Waals surface area contributed by atoms with Crippen LogP contribution in [0.1, 0.15) is 11.4 Å². The van der Waals surface area contributed by atoms with Crippen molar-refractivity contribution in [3.8, 4) is 5.69 Å². The van der Waals surface area contributed by atoms with Crippen LogP contribution in [0.4, 0.5) is 5.82 Å². The number of nitrogens with zero attached hydrogens (tertiary/aromatic N) is 4. The molecule has 106 valence electrons. The van der Waals surface area contributed by atoms with Gasteiger partial charge >= 0.3 is 0 Å². The van der Waals surface area contributed by atoms with Gasteiger partial charge in [0.15, 0.2) is 0 Å². The fourth-order valence-corrected chi connectivity index (χ4v) is 2.64. The van der Waals surface area contributed by atoms with Crippen molar-refractivity contribution in [2.24, 2.45) is 0 Å². The number of morpholine rings is 1. The van der Waals surface area contributed by atoms with Gasteiger partial charge in [0.25, 0.3) is 0 Å². The smallest absolute Gasteiger partial charge is 0.133 e. The Kier molecular flexibility index (Phi) is 3.63. The summed E-state index contributed by atoms with van der Waals surface area (Å²) in [7, 11) is 0. The normalized spacial score (nSPS) is 15.7. The maximum Gasteiger partial charge on any atom is 0.133 e. The molecular formula is C14H17ClN4O. The zero-order valence-corrected chi connectivity index (χ0v) is 12.4. The van der Waals surface area contributed by atoms with Gasteiger partial charge in [-0.05, 0) is 19.9 Å². The third-order valence-corrected chi connectivity index (χ3v) is 3.55. The highest BCUT2D eigenvalue weighted by atomic mass is 35.5. The number of anilines is 1. The second kappa shape index (κ2) is 5.42. The lowest BCUT2D eigenvalue weighted by Crippen LogP contribution is -2.36. The summed E-state index contributed by atoms with van der Waals surface area (Å²) in [5.41, 5.74) is 3.01. The molecule has 2 aromatic rings. The van der Waals surface area contributed by atoms with E-state index in [2.05, 4.69) is 15.0 Å². The lowest BCUT2D eigenvalue weighted by molar-refractivity contribution is 0.122. The van der Waals surface area contributed by atoms with Crippen LogP contribution in [0.3, 0.4) is 0 Å². The molecule has 5 nitrogen and oxygen atoms in total. The summed E-state index contributed by atoms with van der Waals surface area (Å²) in [6.45, 7) is 7.14. The third kappa shape index (κ3) is 2.64. The van der Waals surface area contributed by atoms with Gasteiger partial charge in [-0.1, -0.05) is 11.6 Å². The number of pyridine rings is 1. The first-order chi connectivity index (χ1) is 9.63. The molecule has 1 fully saturated rings. The number of hydrogen-bond acceptors (Lipinski definition) is 4. The zero-order valence-electron chi connectivity index (χ0n) is 11.6. The van der Waals surface area contributed by atoms with E-state index in [-0.39, 0.29) is 0 Å². The third-order valence-electron chi connectivity index (χ3n) is 3.35. The van der Waals surface area contributed by atoms with Crippen molar-refractivity contribution in [3.05, 3.63) is 34.7 Å². The van der Waals surface area contributed by atoms with E-state index in [0.717, 1.165) is 49.2 Å². The first-order valence-electron chi connectivity index (χ1n) is 6.67. The average molecular weight is 293 g/mol. The van der Waals surface area contributed by atoms with Crippen LogP contribution in [-0.2, 0) is 4.74 Å². The molecule has 2 aromatic heterocycles. The predicted molar refractivity (Wildman–Crippen MR) is 78.9 cm³/mol. The first-order valence-corrected chi connectivity index (χ1v) is 7.05. The van der Waals surface area contributed by atoms with Crippen LogP contribution in [0, 0.1) is 13.8 Å². The van der Waals surface area contributed by atoms with Crippen LogP contribution < -0.4 is 4.90 Å². The molecule has 0 atom stereocenters. The van der Waals surface area contributed by atoms with Crippen molar-refractivity contribution in [2.45, 2.75) is 13.8 Å². The van der Waals surface area contributed by atoms with Crippen LogP contribution >= 0.6 is 11.6 Å². The molecule has 0 N–H and O–H groups in total. The Labute approximate surface area is 123 Å². The van der Waals surface area contributed by atoms with Gasteiger partial charge in [-0.15, -0.1) is 0 Å². The SMILES string of the molecule is Cc1cc(C)n(-c2cc(Cl)nc(N3CCOCC3)c2)n1. The summed E-state index contributed by atoms with van der Waals surface area (Å²) in [4.78, 5) is 6.60. The minimum Gasteiger partial charge on any atom is -0.378 e. The quantitative estimate of drug-likeness (QED) is 0.797. The molecule has 1 aliphatic rings. The molecule has 3 heterocycles. The first kappa shape index (κ1) is 13.4. The van der Waals surface area contributed by atoms with E-state index in [1.807, 2.05) is 36.7 Å². The zero-order chi connectivity index (χ0) is 14.1. The van der Waals surface area contributed by atoms with Gasteiger partial charge < -0.3 is 9.64 Å². The highest BCUT2D eigenvalue weighted by Gasteiger charge is 2.15. The number of hydrogen-bond donors (Lipinski definition) is 0. The standard InChI is InChI=1S/C14H17ClN4O/c1-10-7-11(2)19(17-10)12-8-13(15)16-14(9-12)18-3-5-20-6-4-18/h7-9H,3-6H2,1-2H3. The van der Waals surface area contributed by atoms with E-state index < -0.39 is 0 Å². The van der Waals surface area contributed by atoms with Crippen LogP contribution in [0.25, 0.3) is 5.69 Å². The van der Waals surface area contributed by atoms with E-state index in [9.17, 15) is 0 Å². The van der Waals surface area contributed by atoms with E-state index >= 15 is 0 Å². The Hall–Kier alpha value is -1.59. The molecule has 0 saturated carbocycles. The van der Waals surface area contributed by atoms with Crippen molar-refractivity contribution in [1.29, 1.82) is 0 Å². The number of aryl methyl sites for hydroxylation is 2. The Balaban J connectivity index is 1.99. The molecule has 6 heteroatoms. The molecule has 0 aliphatic carbocycles. The minimum atomic E-state index is 0.483. The van der Waals surface area contributed by atoms with Gasteiger partial charge in [-0.3, -0.25) is 0 Å². The Morgan fingerprint density at radius 1 is 1.15 bits per heavy atom. The summed E-state index contributed by atoms with van der Waals surface area (Å²) in [5.74, 6) is 0.878. The number of ether oxygens (including phenoxy) is 1. The molecular weight excluding hydrogens is 276 g/mol. The Morgan fingerprint density at radius 2 is 1.90 bits per heavy atom. The van der Waals surface area contributed by atoms with Crippen LogP contribution in [0.5, 0.6) is 0 Å².